The van der Waals surface area contributed by atoms with Crippen LogP contribution in [0.4, 0.5) is 0 Å². The molecule has 1 amide bonds. The fourth-order valence-electron chi connectivity index (χ4n) is 8.12. The third-order valence-corrected chi connectivity index (χ3v) is 13.7. The molecule has 0 fully saturated rings. The largest absolute Gasteiger partial charge is 0.756 e. The average Bonchev–Trinajstić information content (AvgIpc) is 3.36. The Labute approximate surface area is 456 Å². The van der Waals surface area contributed by atoms with Crippen molar-refractivity contribution < 1.29 is 37.3 Å². The maximum Gasteiger partial charge on any atom is 0.306 e. The number of nitrogens with zero attached hydrogens (tertiary/aromatic N) is 1. The molecule has 0 aromatic carbocycles. The van der Waals surface area contributed by atoms with Gasteiger partial charge < -0.3 is 28.5 Å². The number of hydrogen-bond acceptors (Lipinski definition) is 7. The molecule has 0 aromatic rings. The Morgan fingerprint density at radius 2 is 0.878 bits per heavy atom. The second kappa shape index (κ2) is 53.3. The monoisotopic (exact) mass is 1050 g/mol. The first-order valence-electron chi connectivity index (χ1n) is 30.0. The Kier molecular flexibility index (Phi) is 51.1. The highest BCUT2D eigenvalue weighted by atomic mass is 31.2. The summed E-state index contributed by atoms with van der Waals surface area (Å²) in [4.78, 5) is 39.9. The number of phosphoric acid groups is 1. The number of rotatable bonds is 53. The quantitative estimate of drug-likeness (QED) is 0.0212. The number of quaternary nitrogens is 1. The van der Waals surface area contributed by atoms with Crippen LogP contribution in [0.3, 0.4) is 0 Å². The molecule has 0 aliphatic rings. The van der Waals surface area contributed by atoms with Gasteiger partial charge >= 0.3 is 5.97 Å². The van der Waals surface area contributed by atoms with E-state index in [2.05, 4.69) is 111 Å². The smallest absolute Gasteiger partial charge is 0.306 e. The van der Waals surface area contributed by atoms with Gasteiger partial charge in [-0.05, 0) is 102 Å². The second-order valence-corrected chi connectivity index (χ2v) is 22.5. The van der Waals surface area contributed by atoms with Crippen molar-refractivity contribution in [1.29, 1.82) is 0 Å². The minimum absolute atomic E-state index is 0.0378. The molecule has 0 aliphatic heterocycles. The van der Waals surface area contributed by atoms with Crippen molar-refractivity contribution in [2.24, 2.45) is 0 Å². The van der Waals surface area contributed by atoms with Crippen LogP contribution >= 0.6 is 7.82 Å². The lowest BCUT2D eigenvalue weighted by atomic mass is 10.0. The van der Waals surface area contributed by atoms with Gasteiger partial charge in [0.1, 0.15) is 19.3 Å². The predicted molar refractivity (Wildman–Crippen MR) is 316 cm³/mol. The van der Waals surface area contributed by atoms with Crippen molar-refractivity contribution in [3.05, 3.63) is 97.2 Å². The van der Waals surface area contributed by atoms with E-state index in [1.807, 2.05) is 33.3 Å². The van der Waals surface area contributed by atoms with Gasteiger partial charge in [-0.2, -0.15) is 0 Å². The number of unbranched alkanes of at least 4 members (excludes halogenated alkanes) is 23. The maximum absolute atomic E-state index is 13.5. The van der Waals surface area contributed by atoms with Gasteiger partial charge in [-0.25, -0.2) is 0 Å². The topological polar surface area (TPSA) is 114 Å². The maximum atomic E-state index is 13.5. The second-order valence-electron chi connectivity index (χ2n) is 21.1. The van der Waals surface area contributed by atoms with Gasteiger partial charge in [-0.3, -0.25) is 14.2 Å². The SMILES string of the molecule is CC/C=C\C/C=C\C/C=C\C/C=C\C/C=C\CCCC(=O)NC(COP(=O)([O-])OCC[N+](C)(C)C)C(/C=C/CCCCCCCCCCCC)OC(=O)CCCCCCCCCCC/C=C\C/C=C\CCCCC. The van der Waals surface area contributed by atoms with E-state index < -0.39 is 26.6 Å². The predicted octanol–water partition coefficient (Wildman–Crippen LogP) is 17.8. The number of esters is 1. The van der Waals surface area contributed by atoms with Crippen LogP contribution in [-0.2, 0) is 27.9 Å². The molecule has 0 saturated heterocycles. The molecule has 0 aliphatic carbocycles. The van der Waals surface area contributed by atoms with E-state index >= 15 is 0 Å². The normalized spacial score (nSPS) is 14.4. The van der Waals surface area contributed by atoms with Crippen molar-refractivity contribution in [1.82, 2.24) is 5.32 Å². The van der Waals surface area contributed by atoms with Gasteiger partial charge in [0.25, 0.3) is 7.82 Å². The van der Waals surface area contributed by atoms with Gasteiger partial charge in [0.2, 0.25) is 5.91 Å². The number of ether oxygens (including phenoxy) is 1. The number of amides is 1. The molecule has 0 bridgehead atoms. The van der Waals surface area contributed by atoms with E-state index in [4.69, 9.17) is 13.8 Å². The van der Waals surface area contributed by atoms with Crippen LogP contribution in [0.1, 0.15) is 245 Å². The van der Waals surface area contributed by atoms with E-state index in [0.29, 0.717) is 23.9 Å². The van der Waals surface area contributed by atoms with Crippen molar-refractivity contribution in [3.63, 3.8) is 0 Å². The van der Waals surface area contributed by atoms with E-state index in [-0.39, 0.29) is 31.3 Å². The number of carbonyl (C=O) groups is 2. The Hall–Kier alpha value is -3.07. The first-order chi connectivity index (χ1) is 35.9. The van der Waals surface area contributed by atoms with E-state index in [9.17, 15) is 19.0 Å². The minimum Gasteiger partial charge on any atom is -0.756 e. The molecular formula is C64H113N2O7P. The van der Waals surface area contributed by atoms with Gasteiger partial charge in [-0.1, -0.05) is 227 Å². The number of likely N-dealkylation sites (N-methyl/N-ethyl adjacent to an activating group) is 1. The third kappa shape index (κ3) is 53.7. The summed E-state index contributed by atoms with van der Waals surface area (Å²) in [5.74, 6) is -0.618. The number of hydrogen-bond donors (Lipinski definition) is 1. The molecule has 0 aromatic heterocycles. The Balaban J connectivity index is 5.38. The summed E-state index contributed by atoms with van der Waals surface area (Å²) in [6, 6.07) is -0.924. The summed E-state index contributed by atoms with van der Waals surface area (Å²) in [6.45, 7) is 6.65. The van der Waals surface area contributed by atoms with Crippen molar-refractivity contribution in [2.75, 3.05) is 40.9 Å². The Morgan fingerprint density at radius 1 is 0.486 bits per heavy atom. The highest BCUT2D eigenvalue weighted by molar-refractivity contribution is 7.45. The van der Waals surface area contributed by atoms with E-state index in [0.717, 1.165) is 89.9 Å². The van der Waals surface area contributed by atoms with Crippen LogP contribution in [0.5, 0.6) is 0 Å². The zero-order valence-electron chi connectivity index (χ0n) is 48.5. The highest BCUT2D eigenvalue weighted by Gasteiger charge is 2.27. The van der Waals surface area contributed by atoms with Crippen molar-refractivity contribution >= 4 is 19.7 Å². The molecule has 0 rings (SSSR count). The first-order valence-corrected chi connectivity index (χ1v) is 31.5. The van der Waals surface area contributed by atoms with E-state index in [1.54, 1.807) is 0 Å². The zero-order valence-corrected chi connectivity index (χ0v) is 49.4. The highest BCUT2D eigenvalue weighted by Crippen LogP contribution is 2.38. The standard InChI is InChI=1S/C64H113N2O7P/c1-7-10-13-16-19-22-25-28-30-32-33-35-37-39-42-45-48-51-54-57-64(68)73-62(55-52-49-46-43-40-27-24-21-18-15-12-9-3)61(60-72-74(69,70)71-59-58-66(4,5)6)65-63(67)56-53-50-47-44-41-38-36-34-31-29-26-23-20-17-14-11-8-2/h11,14,19-20,22-23,28-31,36,38,44,47,52,55,61-62H,7-10,12-13,15-18,21,24-27,32-35,37,39-43,45-46,48-51,53-54,56-60H2,1-6H3,(H-,65,67,69,70)/b14-11-,22-19-,23-20-,30-28-,31-29-,38-36-,47-44-,55-52+. The third-order valence-electron chi connectivity index (χ3n) is 12.7. The average molecular weight is 1050 g/mol. The lowest BCUT2D eigenvalue weighted by Crippen LogP contribution is -2.47. The summed E-state index contributed by atoms with van der Waals surface area (Å²) < 4.78 is 30.2. The summed E-state index contributed by atoms with van der Waals surface area (Å²) in [7, 11) is 1.14. The van der Waals surface area contributed by atoms with Gasteiger partial charge in [0.15, 0.2) is 0 Å². The molecule has 3 atom stereocenters. The molecular weight excluding hydrogens is 940 g/mol. The van der Waals surface area contributed by atoms with Crippen molar-refractivity contribution in [2.45, 2.75) is 258 Å². The lowest BCUT2D eigenvalue weighted by molar-refractivity contribution is -0.870. The molecule has 426 valence electrons. The summed E-state index contributed by atoms with van der Waals surface area (Å²) in [5, 5.41) is 2.99. The molecule has 0 radical (unpaired) electrons. The first kappa shape index (κ1) is 70.9. The van der Waals surface area contributed by atoms with Crippen LogP contribution < -0.4 is 10.2 Å². The molecule has 0 saturated carbocycles. The fraction of sp³-hybridized carbons (Fsp3) is 0.719. The fourth-order valence-corrected chi connectivity index (χ4v) is 8.84. The van der Waals surface area contributed by atoms with Crippen molar-refractivity contribution in [3.8, 4) is 0 Å². The molecule has 74 heavy (non-hydrogen) atoms. The number of phosphoric ester groups is 1. The molecule has 0 spiro atoms. The van der Waals surface area contributed by atoms with E-state index in [1.165, 1.54) is 109 Å². The van der Waals surface area contributed by atoms with Crippen LogP contribution in [0.25, 0.3) is 0 Å². The summed E-state index contributed by atoms with van der Waals surface area (Å²) >= 11 is 0. The number of nitrogens with one attached hydrogen (secondary N) is 1. The van der Waals surface area contributed by atoms with Crippen LogP contribution in [0, 0.1) is 0 Å². The lowest BCUT2D eigenvalue weighted by Gasteiger charge is -2.30. The summed E-state index contributed by atoms with van der Waals surface area (Å²) in [5.41, 5.74) is 0. The van der Waals surface area contributed by atoms with Crippen LogP contribution in [-0.4, -0.2) is 69.4 Å². The Morgan fingerprint density at radius 3 is 1.35 bits per heavy atom. The van der Waals surface area contributed by atoms with Gasteiger partial charge in [0.05, 0.1) is 33.8 Å². The molecule has 0 heterocycles. The zero-order chi connectivity index (χ0) is 54.3. The number of allylic oxidation sites excluding steroid dienone is 15. The molecule has 10 heteroatoms. The summed E-state index contributed by atoms with van der Waals surface area (Å²) in [6.07, 6.45) is 70.9. The minimum atomic E-state index is -4.72. The molecule has 1 N–H and O–H groups in total. The van der Waals surface area contributed by atoms with Gasteiger partial charge in [-0.15, -0.1) is 0 Å². The molecule has 9 nitrogen and oxygen atoms in total. The van der Waals surface area contributed by atoms with Gasteiger partial charge in [0, 0.05) is 12.8 Å². The Bertz CT molecular complexity index is 1590. The van der Waals surface area contributed by atoms with Crippen LogP contribution in [0.15, 0.2) is 97.2 Å². The number of carbonyl (C=O) groups excluding carboxylic acids is 2. The molecule has 3 unspecified atom stereocenters. The van der Waals surface area contributed by atoms with Crippen LogP contribution in [0.2, 0.25) is 0 Å².